The van der Waals surface area contributed by atoms with Crippen LogP contribution in [0.25, 0.3) is 16.9 Å². The maximum absolute atomic E-state index is 13.0. The number of para-hydroxylation sites is 1. The smallest absolute Gasteiger partial charge is 0.257 e. The molecule has 1 heterocycles. The van der Waals surface area contributed by atoms with Crippen LogP contribution < -0.4 is 0 Å². The van der Waals surface area contributed by atoms with Crippen molar-refractivity contribution in [2.45, 2.75) is 6.92 Å². The molecule has 1 N–H and O–H groups in total. The molecule has 5 nitrogen and oxygen atoms in total. The molecule has 3 aromatic rings. The van der Waals surface area contributed by atoms with Crippen LogP contribution in [0.1, 0.15) is 16.1 Å². The highest BCUT2D eigenvalue weighted by atomic mass is 16.3. The monoisotopic (exact) mass is 335 g/mol. The van der Waals surface area contributed by atoms with Gasteiger partial charge in [0.05, 0.1) is 23.6 Å². The number of benzene rings is 2. The Kier molecular flexibility index (Phi) is 4.95. The SMILES string of the molecule is Cc1c(C(=O)N(C)CCO)c(-c2ccccc2)nn1-c1ccccc1. The number of amides is 1. The normalized spacial score (nSPS) is 10.7. The van der Waals surface area contributed by atoms with E-state index >= 15 is 0 Å². The quantitative estimate of drug-likeness (QED) is 0.780. The van der Waals surface area contributed by atoms with E-state index in [1.165, 1.54) is 4.90 Å². The molecule has 1 amide bonds. The maximum Gasteiger partial charge on any atom is 0.257 e. The Morgan fingerprint density at radius 3 is 2.28 bits per heavy atom. The van der Waals surface area contributed by atoms with Gasteiger partial charge in [-0.2, -0.15) is 5.10 Å². The van der Waals surface area contributed by atoms with E-state index < -0.39 is 0 Å². The van der Waals surface area contributed by atoms with E-state index in [0.29, 0.717) is 11.3 Å². The number of carbonyl (C=O) groups excluding carboxylic acids is 1. The van der Waals surface area contributed by atoms with Gasteiger partial charge in [0.1, 0.15) is 5.69 Å². The van der Waals surface area contributed by atoms with Crippen molar-refractivity contribution in [2.24, 2.45) is 0 Å². The van der Waals surface area contributed by atoms with E-state index in [1.54, 1.807) is 11.7 Å². The lowest BCUT2D eigenvalue weighted by molar-refractivity contribution is 0.0767. The fourth-order valence-corrected chi connectivity index (χ4v) is 2.82. The van der Waals surface area contributed by atoms with Crippen LogP contribution in [0.15, 0.2) is 60.7 Å². The average Bonchev–Trinajstić information content (AvgIpc) is 3.00. The lowest BCUT2D eigenvalue weighted by atomic mass is 10.1. The zero-order valence-electron chi connectivity index (χ0n) is 14.4. The molecule has 0 aliphatic heterocycles. The van der Waals surface area contributed by atoms with Crippen LogP contribution in [0.5, 0.6) is 0 Å². The van der Waals surface area contributed by atoms with Crippen molar-refractivity contribution in [3.63, 3.8) is 0 Å². The third-order valence-corrected chi connectivity index (χ3v) is 4.16. The number of carbonyl (C=O) groups is 1. The van der Waals surface area contributed by atoms with Gasteiger partial charge < -0.3 is 10.0 Å². The third kappa shape index (κ3) is 3.32. The summed E-state index contributed by atoms with van der Waals surface area (Å²) in [4.78, 5) is 14.5. The highest BCUT2D eigenvalue weighted by Gasteiger charge is 2.25. The Balaban J connectivity index is 2.18. The molecule has 25 heavy (non-hydrogen) atoms. The van der Waals surface area contributed by atoms with E-state index in [-0.39, 0.29) is 19.1 Å². The molecule has 5 heteroatoms. The fourth-order valence-electron chi connectivity index (χ4n) is 2.82. The van der Waals surface area contributed by atoms with Crippen molar-refractivity contribution in [3.8, 4) is 16.9 Å². The van der Waals surface area contributed by atoms with E-state index in [4.69, 9.17) is 10.2 Å². The van der Waals surface area contributed by atoms with E-state index in [1.807, 2.05) is 67.6 Å². The zero-order chi connectivity index (χ0) is 17.8. The Hall–Kier alpha value is -2.92. The molecule has 128 valence electrons. The van der Waals surface area contributed by atoms with Crippen molar-refractivity contribution >= 4 is 5.91 Å². The van der Waals surface area contributed by atoms with Crippen molar-refractivity contribution in [1.82, 2.24) is 14.7 Å². The van der Waals surface area contributed by atoms with Crippen molar-refractivity contribution < 1.29 is 9.90 Å². The van der Waals surface area contributed by atoms with Crippen LogP contribution in [0.4, 0.5) is 0 Å². The summed E-state index contributed by atoms with van der Waals surface area (Å²) < 4.78 is 1.79. The van der Waals surface area contributed by atoms with E-state index in [9.17, 15) is 4.79 Å². The summed E-state index contributed by atoms with van der Waals surface area (Å²) in [6.45, 7) is 2.10. The lowest BCUT2D eigenvalue weighted by Gasteiger charge is -2.16. The van der Waals surface area contributed by atoms with Crippen molar-refractivity contribution in [1.29, 1.82) is 0 Å². The molecule has 0 saturated heterocycles. The Morgan fingerprint density at radius 2 is 1.68 bits per heavy atom. The van der Waals surface area contributed by atoms with Gasteiger partial charge in [0, 0.05) is 19.2 Å². The van der Waals surface area contributed by atoms with Crippen LogP contribution in [0, 0.1) is 6.92 Å². The molecule has 3 rings (SSSR count). The van der Waals surface area contributed by atoms with Crippen molar-refractivity contribution in [2.75, 3.05) is 20.2 Å². The number of aliphatic hydroxyl groups is 1. The summed E-state index contributed by atoms with van der Waals surface area (Å²) in [6.07, 6.45) is 0. The second-order valence-electron chi connectivity index (χ2n) is 5.87. The first-order chi connectivity index (χ1) is 12.1. The molecule has 0 unspecified atom stereocenters. The fraction of sp³-hybridized carbons (Fsp3) is 0.200. The van der Waals surface area contributed by atoms with Gasteiger partial charge in [-0.1, -0.05) is 48.5 Å². The van der Waals surface area contributed by atoms with E-state index in [0.717, 1.165) is 16.9 Å². The molecule has 0 fully saturated rings. The van der Waals surface area contributed by atoms with Gasteiger partial charge in [-0.3, -0.25) is 4.79 Å². The number of aromatic nitrogens is 2. The Labute approximate surface area is 147 Å². The first-order valence-electron chi connectivity index (χ1n) is 8.20. The predicted octanol–water partition coefficient (Wildman–Crippen LogP) is 2.91. The van der Waals surface area contributed by atoms with Gasteiger partial charge in [0.25, 0.3) is 5.91 Å². The van der Waals surface area contributed by atoms with Gasteiger partial charge in [0.2, 0.25) is 0 Å². The molecule has 0 saturated carbocycles. The van der Waals surface area contributed by atoms with Gasteiger partial charge in [-0.05, 0) is 19.1 Å². The highest BCUT2D eigenvalue weighted by molar-refractivity contribution is 6.01. The number of nitrogens with zero attached hydrogens (tertiary/aromatic N) is 3. The molecule has 0 radical (unpaired) electrons. The summed E-state index contributed by atoms with van der Waals surface area (Å²) in [5, 5.41) is 13.9. The molecular formula is C20H21N3O2. The topological polar surface area (TPSA) is 58.4 Å². The lowest BCUT2D eigenvalue weighted by Crippen LogP contribution is -2.30. The van der Waals surface area contributed by atoms with Gasteiger partial charge in [-0.25, -0.2) is 4.68 Å². The molecule has 0 bridgehead atoms. The van der Waals surface area contributed by atoms with Crippen LogP contribution in [-0.4, -0.2) is 45.9 Å². The minimum absolute atomic E-state index is 0.0746. The second-order valence-corrected chi connectivity index (χ2v) is 5.87. The van der Waals surface area contributed by atoms with Gasteiger partial charge in [-0.15, -0.1) is 0 Å². The average molecular weight is 335 g/mol. The Bertz CT molecular complexity index is 857. The van der Waals surface area contributed by atoms with Gasteiger partial charge in [0.15, 0.2) is 0 Å². The summed E-state index contributed by atoms with van der Waals surface area (Å²) in [7, 11) is 1.69. The standard InChI is InChI=1S/C20H21N3O2/c1-15-18(20(25)22(2)13-14-24)19(16-9-5-3-6-10-16)21-23(15)17-11-7-4-8-12-17/h3-12,24H,13-14H2,1-2H3. The highest BCUT2D eigenvalue weighted by Crippen LogP contribution is 2.28. The first-order valence-corrected chi connectivity index (χ1v) is 8.20. The summed E-state index contributed by atoms with van der Waals surface area (Å²) in [5.41, 5.74) is 3.78. The minimum Gasteiger partial charge on any atom is -0.395 e. The molecule has 0 spiro atoms. The third-order valence-electron chi connectivity index (χ3n) is 4.16. The number of hydrogen-bond donors (Lipinski definition) is 1. The number of likely N-dealkylation sites (N-methyl/N-ethyl adjacent to an activating group) is 1. The molecule has 0 aliphatic carbocycles. The Morgan fingerprint density at radius 1 is 1.08 bits per heavy atom. The molecule has 2 aromatic carbocycles. The largest absolute Gasteiger partial charge is 0.395 e. The number of rotatable bonds is 5. The van der Waals surface area contributed by atoms with E-state index in [2.05, 4.69) is 0 Å². The maximum atomic E-state index is 13.0. The number of hydrogen-bond acceptors (Lipinski definition) is 3. The molecular weight excluding hydrogens is 314 g/mol. The molecule has 0 atom stereocenters. The second kappa shape index (κ2) is 7.32. The summed E-state index contributed by atoms with van der Waals surface area (Å²) >= 11 is 0. The minimum atomic E-state index is -0.146. The molecule has 1 aromatic heterocycles. The zero-order valence-corrected chi connectivity index (χ0v) is 14.4. The predicted molar refractivity (Wildman–Crippen MR) is 97.8 cm³/mol. The van der Waals surface area contributed by atoms with Crippen LogP contribution in [0.3, 0.4) is 0 Å². The van der Waals surface area contributed by atoms with Crippen LogP contribution >= 0.6 is 0 Å². The first kappa shape index (κ1) is 16.9. The van der Waals surface area contributed by atoms with Crippen molar-refractivity contribution in [3.05, 3.63) is 71.9 Å². The van der Waals surface area contributed by atoms with Gasteiger partial charge >= 0.3 is 0 Å². The van der Waals surface area contributed by atoms with Crippen LogP contribution in [0.2, 0.25) is 0 Å². The molecule has 0 aliphatic rings. The summed E-state index contributed by atoms with van der Waals surface area (Å²) in [5.74, 6) is -0.146. The summed E-state index contributed by atoms with van der Waals surface area (Å²) in [6, 6.07) is 19.4. The number of aliphatic hydroxyl groups excluding tert-OH is 1. The van der Waals surface area contributed by atoms with Crippen LogP contribution in [-0.2, 0) is 0 Å².